The molecule has 0 N–H and O–H groups in total. The molecule has 0 amide bonds. The molecule has 0 heteroatoms. The van der Waals surface area contributed by atoms with E-state index < -0.39 is 0 Å². The summed E-state index contributed by atoms with van der Waals surface area (Å²) < 4.78 is 0. The van der Waals surface area contributed by atoms with Crippen molar-refractivity contribution in [1.29, 1.82) is 0 Å². The summed E-state index contributed by atoms with van der Waals surface area (Å²) in [5.41, 5.74) is 1.49. The van der Waals surface area contributed by atoms with Crippen LogP contribution in [-0.2, 0) is 6.42 Å². The molecule has 0 saturated heterocycles. The fraction of sp³-hybridized carbons (Fsp3) is 0.571. The zero-order chi connectivity index (χ0) is 10.4. The van der Waals surface area contributed by atoms with E-state index in [9.17, 15) is 0 Å². The lowest BCUT2D eigenvalue weighted by Crippen LogP contribution is -2.06. The van der Waals surface area contributed by atoms with E-state index in [1.54, 1.807) is 0 Å². The Labute approximate surface area is 88.4 Å². The van der Waals surface area contributed by atoms with Crippen molar-refractivity contribution >= 4 is 0 Å². The second-order valence-electron chi connectivity index (χ2n) is 4.59. The van der Waals surface area contributed by atoms with E-state index in [1.165, 1.54) is 24.8 Å². The van der Waals surface area contributed by atoms with E-state index in [4.69, 9.17) is 0 Å². The zero-order valence-electron chi connectivity index (χ0n) is 9.66. The highest BCUT2D eigenvalue weighted by molar-refractivity contribution is 5.15. The van der Waals surface area contributed by atoms with Crippen LogP contribution in [0.4, 0.5) is 0 Å². The minimum absolute atomic E-state index is 0.823. The molecule has 78 valence electrons. The van der Waals surface area contributed by atoms with Gasteiger partial charge >= 0.3 is 0 Å². The van der Waals surface area contributed by atoms with Crippen LogP contribution >= 0.6 is 0 Å². The molecule has 0 radical (unpaired) electrons. The summed E-state index contributed by atoms with van der Waals surface area (Å²) in [5, 5.41) is 0. The van der Waals surface area contributed by atoms with Gasteiger partial charge in [0.1, 0.15) is 0 Å². The van der Waals surface area contributed by atoms with Gasteiger partial charge in [-0.3, -0.25) is 0 Å². The average molecular weight is 190 g/mol. The van der Waals surface area contributed by atoms with Crippen molar-refractivity contribution in [3.63, 3.8) is 0 Å². The molecular weight excluding hydrogens is 168 g/mol. The Bertz CT molecular complexity index is 235. The maximum absolute atomic E-state index is 2.31. The highest BCUT2D eigenvalue weighted by Crippen LogP contribution is 2.19. The zero-order valence-corrected chi connectivity index (χ0v) is 9.66. The first-order valence-electron chi connectivity index (χ1n) is 5.76. The molecule has 0 fully saturated rings. The van der Waals surface area contributed by atoms with Gasteiger partial charge in [0, 0.05) is 0 Å². The van der Waals surface area contributed by atoms with Gasteiger partial charge in [0.15, 0.2) is 0 Å². The van der Waals surface area contributed by atoms with Crippen LogP contribution in [0.2, 0.25) is 0 Å². The van der Waals surface area contributed by atoms with Gasteiger partial charge in [-0.15, -0.1) is 0 Å². The molecular formula is C14H22. The second-order valence-corrected chi connectivity index (χ2v) is 4.59. The summed E-state index contributed by atoms with van der Waals surface area (Å²) in [5.74, 6) is 1.68. The van der Waals surface area contributed by atoms with E-state index in [0.29, 0.717) is 0 Å². The first kappa shape index (κ1) is 11.3. The maximum atomic E-state index is 2.31. The number of hydrogen-bond donors (Lipinski definition) is 0. The van der Waals surface area contributed by atoms with E-state index in [2.05, 4.69) is 51.1 Å². The molecule has 0 spiro atoms. The first-order valence-corrected chi connectivity index (χ1v) is 5.76. The predicted molar refractivity (Wildman–Crippen MR) is 63.4 cm³/mol. The Morgan fingerprint density at radius 3 is 2.21 bits per heavy atom. The van der Waals surface area contributed by atoms with E-state index in [1.807, 2.05) is 0 Å². The Balaban J connectivity index is 2.48. The lowest BCUT2D eigenvalue weighted by atomic mass is 9.89. The van der Waals surface area contributed by atoms with Gasteiger partial charge in [-0.05, 0) is 30.2 Å². The summed E-state index contributed by atoms with van der Waals surface area (Å²) >= 11 is 0. The summed E-state index contributed by atoms with van der Waals surface area (Å²) in [6, 6.07) is 10.8. The van der Waals surface area contributed by atoms with Gasteiger partial charge in [-0.1, -0.05) is 57.5 Å². The van der Waals surface area contributed by atoms with Crippen LogP contribution in [0.5, 0.6) is 0 Å². The van der Waals surface area contributed by atoms with Gasteiger partial charge in [0.2, 0.25) is 0 Å². The highest BCUT2D eigenvalue weighted by Gasteiger charge is 2.09. The SMILES string of the molecule is CC[C@H](Cc1ccccc1)CC(C)C. The second kappa shape index (κ2) is 5.85. The van der Waals surface area contributed by atoms with E-state index in [-0.39, 0.29) is 0 Å². The fourth-order valence-electron chi connectivity index (χ4n) is 2.01. The summed E-state index contributed by atoms with van der Waals surface area (Å²) in [6.07, 6.45) is 3.90. The summed E-state index contributed by atoms with van der Waals surface area (Å²) in [7, 11) is 0. The van der Waals surface area contributed by atoms with Crippen molar-refractivity contribution < 1.29 is 0 Å². The Hall–Kier alpha value is -0.780. The lowest BCUT2D eigenvalue weighted by molar-refractivity contribution is 0.396. The number of rotatable bonds is 5. The molecule has 1 aromatic carbocycles. The molecule has 1 aromatic rings. The Morgan fingerprint density at radius 2 is 1.71 bits per heavy atom. The Kier molecular flexibility index (Phi) is 4.72. The molecule has 0 aliphatic rings. The summed E-state index contributed by atoms with van der Waals surface area (Å²) in [4.78, 5) is 0. The van der Waals surface area contributed by atoms with Crippen molar-refractivity contribution in [3.05, 3.63) is 35.9 Å². The first-order chi connectivity index (χ1) is 6.72. The third-order valence-electron chi connectivity index (χ3n) is 2.75. The highest BCUT2D eigenvalue weighted by atomic mass is 14.1. The fourth-order valence-corrected chi connectivity index (χ4v) is 2.01. The molecule has 0 saturated carbocycles. The quantitative estimate of drug-likeness (QED) is 0.649. The minimum Gasteiger partial charge on any atom is -0.0651 e. The standard InChI is InChI=1S/C14H22/c1-4-13(10-12(2)3)11-14-8-6-5-7-9-14/h5-9,12-13H,4,10-11H2,1-3H3/t13-/m0/s1. The van der Waals surface area contributed by atoms with Crippen molar-refractivity contribution in [3.8, 4) is 0 Å². The van der Waals surface area contributed by atoms with Crippen LogP contribution in [0.25, 0.3) is 0 Å². The van der Waals surface area contributed by atoms with Gasteiger partial charge in [0.25, 0.3) is 0 Å². The molecule has 0 heterocycles. The number of hydrogen-bond acceptors (Lipinski definition) is 0. The van der Waals surface area contributed by atoms with Gasteiger partial charge in [0.05, 0.1) is 0 Å². The largest absolute Gasteiger partial charge is 0.0651 e. The molecule has 0 aliphatic carbocycles. The molecule has 0 unspecified atom stereocenters. The van der Waals surface area contributed by atoms with E-state index in [0.717, 1.165) is 11.8 Å². The third kappa shape index (κ3) is 3.95. The van der Waals surface area contributed by atoms with Crippen LogP contribution in [0.1, 0.15) is 39.2 Å². The molecule has 0 aliphatic heterocycles. The van der Waals surface area contributed by atoms with Crippen molar-refractivity contribution in [1.82, 2.24) is 0 Å². The predicted octanol–water partition coefficient (Wildman–Crippen LogP) is 4.30. The van der Waals surface area contributed by atoms with Crippen LogP contribution in [0.15, 0.2) is 30.3 Å². The van der Waals surface area contributed by atoms with Crippen LogP contribution < -0.4 is 0 Å². The molecule has 0 aromatic heterocycles. The number of benzene rings is 1. The lowest BCUT2D eigenvalue weighted by Gasteiger charge is -2.16. The van der Waals surface area contributed by atoms with Gasteiger partial charge in [-0.2, -0.15) is 0 Å². The smallest absolute Gasteiger partial charge is 0.0250 e. The van der Waals surface area contributed by atoms with Crippen LogP contribution in [0, 0.1) is 11.8 Å². The van der Waals surface area contributed by atoms with Crippen molar-refractivity contribution in [2.45, 2.75) is 40.0 Å². The van der Waals surface area contributed by atoms with Crippen molar-refractivity contribution in [2.24, 2.45) is 11.8 Å². The molecule has 14 heavy (non-hydrogen) atoms. The molecule has 0 nitrogen and oxygen atoms in total. The third-order valence-corrected chi connectivity index (χ3v) is 2.75. The maximum Gasteiger partial charge on any atom is -0.0250 e. The monoisotopic (exact) mass is 190 g/mol. The molecule has 1 rings (SSSR count). The van der Waals surface area contributed by atoms with Gasteiger partial charge < -0.3 is 0 Å². The van der Waals surface area contributed by atoms with Crippen LogP contribution in [0.3, 0.4) is 0 Å². The summed E-state index contributed by atoms with van der Waals surface area (Å²) in [6.45, 7) is 6.93. The van der Waals surface area contributed by atoms with Gasteiger partial charge in [-0.25, -0.2) is 0 Å². The van der Waals surface area contributed by atoms with Crippen LogP contribution in [-0.4, -0.2) is 0 Å². The minimum atomic E-state index is 0.823. The van der Waals surface area contributed by atoms with E-state index >= 15 is 0 Å². The normalized spacial score (nSPS) is 13.1. The average Bonchev–Trinajstić information content (AvgIpc) is 2.17. The topological polar surface area (TPSA) is 0 Å². The van der Waals surface area contributed by atoms with Crippen molar-refractivity contribution in [2.75, 3.05) is 0 Å². The Morgan fingerprint density at radius 1 is 1.07 bits per heavy atom. The molecule has 0 bridgehead atoms. The molecule has 1 atom stereocenters.